The van der Waals surface area contributed by atoms with Gasteiger partial charge in [0.05, 0.1) is 0 Å². The maximum absolute atomic E-state index is 0. The van der Waals surface area contributed by atoms with Gasteiger partial charge >= 0.3 is 82.0 Å². The summed E-state index contributed by atoms with van der Waals surface area (Å²) < 4.78 is 0. The Morgan fingerprint density at radius 2 is 0.200 bits per heavy atom. The largest absolute Gasteiger partial charge is 4.00 e. The maximum Gasteiger partial charge on any atom is 4.00 e. The van der Waals surface area contributed by atoms with Gasteiger partial charge in [-0.2, -0.15) is 0 Å². The second-order valence-electron chi connectivity index (χ2n) is 0. The van der Waals surface area contributed by atoms with Crippen molar-refractivity contribution < 1.29 is 206 Å². The molecule has 0 saturated heterocycles. The predicted molar refractivity (Wildman–Crippen MR) is 23.2 cm³/mol. The van der Waals surface area contributed by atoms with Crippen LogP contribution in [0, 0.1) is 0 Å². The average molecular weight is 930 g/mol. The molecule has 0 aliphatic rings. The molecular weight excluding hydrogens is 930 g/mol. The molecule has 176 valence electrons. The fraction of sp³-hybridized carbons (Fsp3) is 0. The monoisotopic (exact) mass is 935 g/mol. The first-order valence-electron chi connectivity index (χ1n) is 0. The quantitative estimate of drug-likeness (QED) is 0.222. The summed E-state index contributed by atoms with van der Waals surface area (Å²) in [6, 6.07) is 0. The van der Waals surface area contributed by atoms with Crippen molar-refractivity contribution in [1.29, 1.82) is 0 Å². The summed E-state index contributed by atoms with van der Waals surface area (Å²) in [6.07, 6.45) is 0. The van der Waals surface area contributed by atoms with E-state index in [4.69, 9.17) is 0 Å². The molecule has 0 rings (SSSR count). The van der Waals surface area contributed by atoms with Crippen LogP contribution in [0.4, 0.5) is 0 Å². The van der Waals surface area contributed by atoms with Gasteiger partial charge in [-0.15, -0.1) is 0 Å². The van der Waals surface area contributed by atoms with Crippen molar-refractivity contribution in [3.8, 4) is 0 Å². The van der Waals surface area contributed by atoms with Crippen molar-refractivity contribution in [3.05, 3.63) is 0 Å². The Morgan fingerprint density at radius 3 is 0.200 bits per heavy atom. The molecule has 0 aliphatic heterocycles. The summed E-state index contributed by atoms with van der Waals surface area (Å²) in [5, 5.41) is 0. The van der Waals surface area contributed by atoms with Crippen LogP contribution in [0.5, 0.6) is 0 Å². The topological polar surface area (TPSA) is 484 Å². The van der Waals surface area contributed by atoms with E-state index in [9.17, 15) is 0 Å². The molecule has 0 aromatic carbocycles. The second-order valence-corrected chi connectivity index (χ2v) is 0. The van der Waals surface area contributed by atoms with Crippen LogP contribution in [-0.2, 0) is 206 Å². The molecule has 0 fully saturated rings. The Kier molecular flexibility index (Phi) is 50300. The smallest absolute Gasteiger partial charge is 2.00 e. The number of hydrogen-bond acceptors (Lipinski definition) is 0. The summed E-state index contributed by atoms with van der Waals surface area (Å²) in [7, 11) is 0. The fourth-order valence-corrected chi connectivity index (χ4v) is 0. The van der Waals surface area contributed by atoms with Gasteiger partial charge in [-0.3, -0.25) is 0 Å². The van der Waals surface area contributed by atoms with E-state index in [-0.39, 0.29) is 254 Å². The summed E-state index contributed by atoms with van der Waals surface area (Å²) in [6.45, 7) is 0. The first-order chi connectivity index (χ1) is 0. The predicted octanol–water partition coefficient (Wildman–Crippen LogP) is -2.80. The van der Waals surface area contributed by atoms with Crippen molar-refractivity contribution in [1.82, 2.24) is 0 Å². The van der Waals surface area contributed by atoms with E-state index in [1.54, 1.807) is 0 Å². The summed E-state index contributed by atoms with van der Waals surface area (Å²) in [4.78, 5) is 0. The molecule has 0 aliphatic carbocycles. The molecule has 0 bridgehead atoms. The molecule has 4 radical (unpaired) electrons. The van der Waals surface area contributed by atoms with Crippen LogP contribution in [0.15, 0.2) is 0 Å². The van der Waals surface area contributed by atoms with Gasteiger partial charge < -0.3 is 93.1 Å². The Labute approximate surface area is 251 Å². The molecule has 0 heterocycles. The molecule has 25 heteroatoms. The molecule has 0 amide bonds. The van der Waals surface area contributed by atoms with Crippen LogP contribution in [-0.4, -0.2) is 47.8 Å². The van der Waals surface area contributed by atoms with Gasteiger partial charge in [0.15, 0.2) is 0 Å². The molecule has 25 heavy (non-hydrogen) atoms. The van der Waals surface area contributed by atoms with E-state index >= 15 is 0 Å². The van der Waals surface area contributed by atoms with Gasteiger partial charge in [-0.1, -0.05) is 0 Å². The van der Waals surface area contributed by atoms with Crippen molar-refractivity contribution in [2.75, 3.05) is 0 Å². The average Bonchev–Trinajstić information content (AvgIpc) is 0. The van der Waals surface area contributed by atoms with Gasteiger partial charge in [-0.25, -0.2) is 0 Å². The number of rotatable bonds is 0. The zero-order valence-electron chi connectivity index (χ0n) is 10.3. The van der Waals surface area contributed by atoms with Crippen molar-refractivity contribution in [2.45, 2.75) is 0 Å². The SMILES string of the molecule is [Cu+2].[Cu+2].[Mo].[Mo].[O-2].[O-2].[O-2].[O-2].[O-2].[O-2].[O-2].[O-2].[O-2].[O-2].[O-2].[O-2].[O-2].[O-2].[O-2].[O-2].[O-2].[Sn+4].[Sn+4].[V].[V]. The molecular formula is Cu2Mo2O17Sn2V2-22. The minimum Gasteiger partial charge on any atom is -2.00 e. The maximum atomic E-state index is 0. The zero-order valence-corrected chi connectivity index (χ0v) is 24.7. The number of hydrogen-bond donors (Lipinski definition) is 0. The third kappa shape index (κ3) is 988. The minimum absolute atomic E-state index is 0. The van der Waals surface area contributed by atoms with E-state index in [1.807, 2.05) is 0 Å². The normalized spacial score (nSPS) is 0. The Hall–Kier alpha value is 4.50. The van der Waals surface area contributed by atoms with Crippen molar-refractivity contribution in [2.24, 2.45) is 0 Å². The third-order valence-corrected chi connectivity index (χ3v) is 0. The second kappa shape index (κ2) is 1060. The van der Waals surface area contributed by atoms with Crippen LogP contribution < -0.4 is 0 Å². The van der Waals surface area contributed by atoms with E-state index in [1.165, 1.54) is 0 Å². The Bertz CT molecular complexity index is 38.6. The molecule has 0 atom stereocenters. The van der Waals surface area contributed by atoms with Gasteiger partial charge in [-0.05, 0) is 0 Å². The summed E-state index contributed by atoms with van der Waals surface area (Å²) in [5.41, 5.74) is 0. The zero-order chi connectivity index (χ0) is 0. The van der Waals surface area contributed by atoms with E-state index in [2.05, 4.69) is 0 Å². The molecule has 17 nitrogen and oxygen atoms in total. The fourth-order valence-electron chi connectivity index (χ4n) is 0. The molecule has 0 saturated carbocycles. The van der Waals surface area contributed by atoms with Gasteiger partial charge in [0.25, 0.3) is 0 Å². The standard InChI is InChI=1S/2Cu.2Mo.17O.2Sn.2V/q2*+2;;;17*-2;2*+4;;. The van der Waals surface area contributed by atoms with Gasteiger partial charge in [0.1, 0.15) is 0 Å². The van der Waals surface area contributed by atoms with Gasteiger partial charge in [0, 0.05) is 79.2 Å². The molecule has 0 N–H and O–H groups in total. The van der Waals surface area contributed by atoms with Crippen molar-refractivity contribution in [3.63, 3.8) is 0 Å². The van der Waals surface area contributed by atoms with Crippen LogP contribution >= 0.6 is 0 Å². The Balaban J connectivity index is 0. The molecule has 0 aromatic heterocycles. The van der Waals surface area contributed by atoms with Crippen LogP contribution in [0.2, 0.25) is 0 Å². The van der Waals surface area contributed by atoms with Crippen LogP contribution in [0.1, 0.15) is 0 Å². The van der Waals surface area contributed by atoms with Crippen LogP contribution in [0.3, 0.4) is 0 Å². The van der Waals surface area contributed by atoms with E-state index in [0.717, 1.165) is 0 Å². The van der Waals surface area contributed by atoms with Gasteiger partial charge in [0.2, 0.25) is 0 Å². The molecule has 0 unspecified atom stereocenters. The van der Waals surface area contributed by atoms with E-state index in [0.29, 0.717) is 0 Å². The summed E-state index contributed by atoms with van der Waals surface area (Å²) in [5.74, 6) is 0. The Morgan fingerprint density at radius 1 is 0.200 bits per heavy atom. The first kappa shape index (κ1) is 1180. The molecule has 0 aromatic rings. The van der Waals surface area contributed by atoms with Crippen LogP contribution in [0.25, 0.3) is 0 Å². The first-order valence-corrected chi connectivity index (χ1v) is 0. The minimum atomic E-state index is 0. The van der Waals surface area contributed by atoms with Crippen molar-refractivity contribution >= 4 is 47.8 Å². The third-order valence-electron chi connectivity index (χ3n) is 0. The van der Waals surface area contributed by atoms with E-state index < -0.39 is 0 Å². The molecule has 0 spiro atoms. The summed E-state index contributed by atoms with van der Waals surface area (Å²) >= 11 is 0.